The van der Waals surface area contributed by atoms with Crippen molar-refractivity contribution in [3.05, 3.63) is 35.1 Å². The normalized spacial score (nSPS) is 13.9. The summed E-state index contributed by atoms with van der Waals surface area (Å²) in [5, 5.41) is 8.99. The van der Waals surface area contributed by atoms with E-state index in [1.807, 2.05) is 0 Å². The van der Waals surface area contributed by atoms with Gasteiger partial charge in [0.1, 0.15) is 5.82 Å². The van der Waals surface area contributed by atoms with E-state index >= 15 is 0 Å². The Kier molecular flexibility index (Phi) is 3.91. The smallest absolute Gasteiger partial charge is 0.393 e. The van der Waals surface area contributed by atoms with Crippen molar-refractivity contribution < 1.29 is 22.7 Å². The number of aliphatic hydroxyl groups is 1. The molecule has 1 aromatic carbocycles. The van der Waals surface area contributed by atoms with Crippen LogP contribution in [-0.4, -0.2) is 11.2 Å². The zero-order valence-corrected chi connectivity index (χ0v) is 8.68. The first-order valence-corrected chi connectivity index (χ1v) is 4.84. The van der Waals surface area contributed by atoms with Crippen LogP contribution in [0.25, 0.3) is 0 Å². The summed E-state index contributed by atoms with van der Waals surface area (Å²) in [4.78, 5) is 0. The molecule has 0 amide bonds. The maximum absolute atomic E-state index is 13.1. The van der Waals surface area contributed by atoms with Crippen LogP contribution in [0, 0.1) is 5.82 Å². The predicted molar refractivity (Wildman–Crippen MR) is 51.4 cm³/mol. The van der Waals surface area contributed by atoms with Gasteiger partial charge in [-0.2, -0.15) is 13.2 Å². The molecule has 16 heavy (non-hydrogen) atoms. The molecule has 0 saturated heterocycles. The average Bonchev–Trinajstić information content (AvgIpc) is 2.12. The molecule has 0 unspecified atom stereocenters. The Morgan fingerprint density at radius 3 is 2.38 bits per heavy atom. The van der Waals surface area contributed by atoms with Crippen molar-refractivity contribution in [3.8, 4) is 0 Å². The van der Waals surface area contributed by atoms with E-state index in [-0.39, 0.29) is 0 Å². The van der Waals surface area contributed by atoms with E-state index in [1.54, 1.807) is 6.92 Å². The second kappa shape index (κ2) is 4.82. The largest absolute Gasteiger partial charge is 0.419 e. The Balaban J connectivity index is 2.83. The zero-order valence-electron chi connectivity index (χ0n) is 8.68. The van der Waals surface area contributed by atoms with Crippen LogP contribution in [0.4, 0.5) is 17.6 Å². The molecule has 90 valence electrons. The summed E-state index contributed by atoms with van der Waals surface area (Å²) < 4.78 is 49.7. The Morgan fingerprint density at radius 1 is 1.31 bits per heavy atom. The first kappa shape index (κ1) is 13.0. The molecule has 0 aliphatic carbocycles. The summed E-state index contributed by atoms with van der Waals surface area (Å²) in [6.07, 6.45) is -4.46. The standard InChI is InChI=1S/C11H12F4O/c1-7(16)2-3-8-4-5-9(10(12)6-8)11(13,14)15/h4-7,16H,2-3H2,1H3/t7-/m0/s1. The van der Waals surface area contributed by atoms with Gasteiger partial charge in [0.25, 0.3) is 0 Å². The van der Waals surface area contributed by atoms with Crippen molar-refractivity contribution in [1.82, 2.24) is 0 Å². The molecule has 0 spiro atoms. The molecule has 1 atom stereocenters. The van der Waals surface area contributed by atoms with Crippen LogP contribution >= 0.6 is 0 Å². The van der Waals surface area contributed by atoms with Gasteiger partial charge in [0.15, 0.2) is 0 Å². The van der Waals surface area contributed by atoms with Crippen molar-refractivity contribution in [2.45, 2.75) is 32.0 Å². The van der Waals surface area contributed by atoms with E-state index in [0.717, 1.165) is 12.1 Å². The highest BCUT2D eigenvalue weighted by molar-refractivity contribution is 5.26. The molecular formula is C11H12F4O. The first-order valence-electron chi connectivity index (χ1n) is 4.84. The molecule has 0 radical (unpaired) electrons. The summed E-state index contributed by atoms with van der Waals surface area (Å²) in [7, 11) is 0. The number of halogens is 4. The van der Waals surface area contributed by atoms with Crippen LogP contribution in [0.15, 0.2) is 18.2 Å². The highest BCUT2D eigenvalue weighted by Crippen LogP contribution is 2.31. The lowest BCUT2D eigenvalue weighted by Gasteiger charge is -2.09. The lowest BCUT2D eigenvalue weighted by atomic mass is 10.0. The predicted octanol–water partition coefficient (Wildman–Crippen LogP) is 3.16. The first-order chi connectivity index (χ1) is 7.30. The minimum Gasteiger partial charge on any atom is -0.393 e. The number of hydrogen-bond acceptors (Lipinski definition) is 1. The van der Waals surface area contributed by atoms with E-state index in [0.29, 0.717) is 18.4 Å². The number of aliphatic hydroxyl groups excluding tert-OH is 1. The number of benzene rings is 1. The Labute approximate surface area is 90.7 Å². The number of rotatable bonds is 3. The molecule has 0 bridgehead atoms. The van der Waals surface area contributed by atoms with Gasteiger partial charge in [-0.25, -0.2) is 4.39 Å². The van der Waals surface area contributed by atoms with Crippen molar-refractivity contribution in [3.63, 3.8) is 0 Å². The molecule has 0 saturated carbocycles. The van der Waals surface area contributed by atoms with E-state index in [9.17, 15) is 17.6 Å². The molecule has 0 aromatic heterocycles. The third-order valence-corrected chi connectivity index (χ3v) is 2.19. The monoisotopic (exact) mass is 236 g/mol. The van der Waals surface area contributed by atoms with Gasteiger partial charge in [0, 0.05) is 0 Å². The summed E-state index contributed by atoms with van der Waals surface area (Å²) >= 11 is 0. The fourth-order valence-electron chi connectivity index (χ4n) is 1.32. The third-order valence-electron chi connectivity index (χ3n) is 2.19. The third kappa shape index (κ3) is 3.48. The Morgan fingerprint density at radius 2 is 1.94 bits per heavy atom. The average molecular weight is 236 g/mol. The van der Waals surface area contributed by atoms with Crippen LogP contribution in [0.1, 0.15) is 24.5 Å². The maximum Gasteiger partial charge on any atom is 0.419 e. The lowest BCUT2D eigenvalue weighted by molar-refractivity contribution is -0.140. The molecule has 1 nitrogen and oxygen atoms in total. The van der Waals surface area contributed by atoms with Crippen molar-refractivity contribution in [1.29, 1.82) is 0 Å². The minimum atomic E-state index is -4.66. The second-order valence-electron chi connectivity index (χ2n) is 3.70. The maximum atomic E-state index is 13.1. The minimum absolute atomic E-state index is 0.354. The van der Waals surface area contributed by atoms with Gasteiger partial charge in [-0.1, -0.05) is 6.07 Å². The molecule has 1 rings (SSSR count). The summed E-state index contributed by atoms with van der Waals surface area (Å²) in [6.45, 7) is 1.57. The van der Waals surface area contributed by atoms with Crippen LogP contribution < -0.4 is 0 Å². The highest BCUT2D eigenvalue weighted by atomic mass is 19.4. The van der Waals surface area contributed by atoms with Gasteiger partial charge in [-0.3, -0.25) is 0 Å². The van der Waals surface area contributed by atoms with Gasteiger partial charge in [-0.15, -0.1) is 0 Å². The lowest BCUT2D eigenvalue weighted by Crippen LogP contribution is -2.09. The van der Waals surface area contributed by atoms with E-state index in [4.69, 9.17) is 5.11 Å². The van der Waals surface area contributed by atoms with E-state index < -0.39 is 23.7 Å². The summed E-state index contributed by atoms with van der Waals surface area (Å²) in [6, 6.07) is 2.83. The van der Waals surface area contributed by atoms with Gasteiger partial charge in [-0.05, 0) is 37.5 Å². The quantitative estimate of drug-likeness (QED) is 0.799. The Hall–Kier alpha value is -1.10. The van der Waals surface area contributed by atoms with Crippen LogP contribution in [0.2, 0.25) is 0 Å². The van der Waals surface area contributed by atoms with Crippen LogP contribution in [0.5, 0.6) is 0 Å². The SMILES string of the molecule is C[C@H](O)CCc1ccc(C(F)(F)F)c(F)c1. The molecule has 0 aliphatic heterocycles. The topological polar surface area (TPSA) is 20.2 Å². The number of alkyl halides is 3. The fraction of sp³-hybridized carbons (Fsp3) is 0.455. The summed E-state index contributed by atoms with van der Waals surface area (Å²) in [5.41, 5.74) is -0.806. The van der Waals surface area contributed by atoms with Crippen molar-refractivity contribution >= 4 is 0 Å². The van der Waals surface area contributed by atoms with Gasteiger partial charge >= 0.3 is 6.18 Å². The number of aryl methyl sites for hydroxylation is 1. The molecule has 0 fully saturated rings. The molecule has 1 N–H and O–H groups in total. The zero-order chi connectivity index (χ0) is 12.3. The van der Waals surface area contributed by atoms with Gasteiger partial charge < -0.3 is 5.11 Å². The van der Waals surface area contributed by atoms with Gasteiger partial charge in [0.05, 0.1) is 11.7 Å². The van der Waals surface area contributed by atoms with E-state index in [2.05, 4.69) is 0 Å². The van der Waals surface area contributed by atoms with Crippen molar-refractivity contribution in [2.24, 2.45) is 0 Å². The molecule has 0 heterocycles. The molecule has 1 aromatic rings. The number of hydrogen-bond donors (Lipinski definition) is 1. The van der Waals surface area contributed by atoms with Crippen LogP contribution in [0.3, 0.4) is 0 Å². The molecule has 5 heteroatoms. The summed E-state index contributed by atoms with van der Waals surface area (Å²) in [5.74, 6) is -1.27. The molecular weight excluding hydrogens is 224 g/mol. The van der Waals surface area contributed by atoms with Crippen LogP contribution in [-0.2, 0) is 12.6 Å². The Bertz CT molecular complexity index is 357. The fourth-order valence-corrected chi connectivity index (χ4v) is 1.32. The van der Waals surface area contributed by atoms with Crippen molar-refractivity contribution in [2.75, 3.05) is 0 Å². The van der Waals surface area contributed by atoms with E-state index in [1.165, 1.54) is 6.07 Å². The highest BCUT2D eigenvalue weighted by Gasteiger charge is 2.33. The second-order valence-corrected chi connectivity index (χ2v) is 3.70. The van der Waals surface area contributed by atoms with Gasteiger partial charge in [0.2, 0.25) is 0 Å². The molecule has 0 aliphatic rings.